The number of hydrogen-bond acceptors (Lipinski definition) is 3. The first-order valence-corrected chi connectivity index (χ1v) is 7.25. The van der Waals surface area contributed by atoms with E-state index >= 15 is 0 Å². The molecule has 1 N–H and O–H groups in total. The van der Waals surface area contributed by atoms with Crippen molar-refractivity contribution in [1.82, 2.24) is 0 Å². The van der Waals surface area contributed by atoms with E-state index in [1.807, 2.05) is 24.3 Å². The lowest BCUT2D eigenvalue weighted by atomic mass is 10.1. The Morgan fingerprint density at radius 2 is 2.09 bits per heavy atom. The van der Waals surface area contributed by atoms with Gasteiger partial charge in [0.15, 0.2) is 11.5 Å². The van der Waals surface area contributed by atoms with Crippen LogP contribution in [0.15, 0.2) is 36.4 Å². The lowest BCUT2D eigenvalue weighted by molar-refractivity contribution is 0.331. The lowest BCUT2D eigenvalue weighted by Gasteiger charge is -2.14. The van der Waals surface area contributed by atoms with E-state index in [2.05, 4.69) is 30.3 Å². The van der Waals surface area contributed by atoms with E-state index in [1.165, 1.54) is 5.56 Å². The SMILES string of the molecule is C#CCOc1c(Cl)cc(CNc2cccc(C)c2)cc1OC. The van der Waals surface area contributed by atoms with Crippen molar-refractivity contribution in [3.05, 3.63) is 52.5 Å². The Kier molecular flexibility index (Phi) is 5.57. The molecule has 0 fully saturated rings. The molecule has 4 heteroatoms. The number of aryl methyl sites for hydroxylation is 1. The third-order valence-electron chi connectivity index (χ3n) is 3.10. The molecule has 2 rings (SSSR count). The third kappa shape index (κ3) is 4.09. The second-order valence-electron chi connectivity index (χ2n) is 4.82. The maximum Gasteiger partial charge on any atom is 0.181 e. The summed E-state index contributed by atoms with van der Waals surface area (Å²) in [5.74, 6) is 3.46. The molecular formula is C18H18ClNO2. The average molecular weight is 316 g/mol. The first-order valence-electron chi connectivity index (χ1n) is 6.87. The summed E-state index contributed by atoms with van der Waals surface area (Å²) < 4.78 is 10.8. The van der Waals surface area contributed by atoms with Gasteiger partial charge in [0.2, 0.25) is 0 Å². The van der Waals surface area contributed by atoms with Crippen LogP contribution in [0.4, 0.5) is 5.69 Å². The van der Waals surface area contributed by atoms with Crippen molar-refractivity contribution in [3.8, 4) is 23.8 Å². The van der Waals surface area contributed by atoms with Crippen molar-refractivity contribution in [3.63, 3.8) is 0 Å². The van der Waals surface area contributed by atoms with Gasteiger partial charge in [-0.2, -0.15) is 0 Å². The van der Waals surface area contributed by atoms with Gasteiger partial charge in [0.05, 0.1) is 12.1 Å². The van der Waals surface area contributed by atoms with Crippen molar-refractivity contribution >= 4 is 17.3 Å². The molecule has 0 unspecified atom stereocenters. The van der Waals surface area contributed by atoms with Crippen molar-refractivity contribution in [2.75, 3.05) is 19.0 Å². The molecular weight excluding hydrogens is 298 g/mol. The highest BCUT2D eigenvalue weighted by Crippen LogP contribution is 2.36. The highest BCUT2D eigenvalue weighted by molar-refractivity contribution is 6.32. The monoisotopic (exact) mass is 315 g/mol. The molecule has 0 heterocycles. The number of methoxy groups -OCH3 is 1. The number of anilines is 1. The first-order chi connectivity index (χ1) is 10.6. The molecule has 3 nitrogen and oxygen atoms in total. The van der Waals surface area contributed by atoms with Crippen LogP contribution in [0.5, 0.6) is 11.5 Å². The molecule has 0 aliphatic carbocycles. The Hall–Kier alpha value is -2.31. The molecule has 0 spiro atoms. The van der Waals surface area contributed by atoms with Crippen LogP contribution in [-0.4, -0.2) is 13.7 Å². The summed E-state index contributed by atoms with van der Waals surface area (Å²) in [6.45, 7) is 2.84. The second-order valence-corrected chi connectivity index (χ2v) is 5.23. The van der Waals surface area contributed by atoms with Gasteiger partial charge in [0.1, 0.15) is 6.61 Å². The van der Waals surface area contributed by atoms with Gasteiger partial charge in [-0.1, -0.05) is 29.7 Å². The predicted molar refractivity (Wildman–Crippen MR) is 90.8 cm³/mol. The standard InChI is InChI=1S/C18H18ClNO2/c1-4-8-22-18-16(19)10-14(11-17(18)21-3)12-20-15-7-5-6-13(2)9-15/h1,5-7,9-11,20H,8,12H2,2-3H3. The maximum atomic E-state index is 6.25. The third-order valence-corrected chi connectivity index (χ3v) is 3.38. The highest BCUT2D eigenvalue weighted by Gasteiger charge is 2.11. The Labute approximate surface area is 136 Å². The zero-order valence-electron chi connectivity index (χ0n) is 12.7. The van der Waals surface area contributed by atoms with Crippen molar-refractivity contribution in [2.24, 2.45) is 0 Å². The fourth-order valence-electron chi connectivity index (χ4n) is 2.09. The normalized spacial score (nSPS) is 9.91. The van der Waals surface area contributed by atoms with E-state index in [9.17, 15) is 0 Å². The molecule has 0 saturated heterocycles. The lowest BCUT2D eigenvalue weighted by Crippen LogP contribution is -2.02. The summed E-state index contributed by atoms with van der Waals surface area (Å²) in [5, 5.41) is 3.84. The summed E-state index contributed by atoms with van der Waals surface area (Å²) in [4.78, 5) is 0. The molecule has 22 heavy (non-hydrogen) atoms. The molecule has 114 valence electrons. The smallest absolute Gasteiger partial charge is 0.181 e. The summed E-state index contributed by atoms with van der Waals surface area (Å²) in [6, 6.07) is 11.9. The van der Waals surface area contributed by atoms with Gasteiger partial charge in [-0.05, 0) is 42.3 Å². The minimum absolute atomic E-state index is 0.150. The average Bonchev–Trinajstić information content (AvgIpc) is 2.51. The van der Waals surface area contributed by atoms with Crippen molar-refractivity contribution in [2.45, 2.75) is 13.5 Å². The number of benzene rings is 2. The number of hydrogen-bond donors (Lipinski definition) is 1. The predicted octanol–water partition coefficient (Wildman–Crippen LogP) is 4.28. The summed E-state index contributed by atoms with van der Waals surface area (Å²) in [7, 11) is 1.58. The zero-order valence-corrected chi connectivity index (χ0v) is 13.4. The molecule has 0 aliphatic heterocycles. The molecule has 0 bridgehead atoms. The molecule has 2 aromatic carbocycles. The largest absolute Gasteiger partial charge is 0.493 e. The van der Waals surface area contributed by atoms with Gasteiger partial charge >= 0.3 is 0 Å². The number of ether oxygens (including phenoxy) is 2. The van der Waals surface area contributed by atoms with Crippen LogP contribution in [0.1, 0.15) is 11.1 Å². The molecule has 0 aromatic heterocycles. The number of terminal acetylenes is 1. The van der Waals surface area contributed by atoms with Crippen molar-refractivity contribution < 1.29 is 9.47 Å². The Morgan fingerprint density at radius 3 is 2.77 bits per heavy atom. The summed E-state index contributed by atoms with van der Waals surface area (Å²) in [5.41, 5.74) is 3.26. The number of nitrogens with one attached hydrogen (secondary N) is 1. The van der Waals surface area contributed by atoms with E-state index in [1.54, 1.807) is 7.11 Å². The molecule has 0 saturated carbocycles. The first kappa shape index (κ1) is 16.1. The fourth-order valence-corrected chi connectivity index (χ4v) is 2.38. The molecule has 0 amide bonds. The van der Waals surface area contributed by atoms with Gasteiger partial charge in [-0.25, -0.2) is 0 Å². The van der Waals surface area contributed by atoms with Gasteiger partial charge in [-0.3, -0.25) is 0 Å². The van der Waals surface area contributed by atoms with Crippen LogP contribution in [0, 0.1) is 19.3 Å². The van der Waals surface area contributed by atoms with Crippen LogP contribution < -0.4 is 14.8 Å². The number of rotatable bonds is 6. The molecule has 2 aromatic rings. The minimum atomic E-state index is 0.150. The number of halogens is 1. The fraction of sp³-hybridized carbons (Fsp3) is 0.222. The topological polar surface area (TPSA) is 30.5 Å². The van der Waals surface area contributed by atoms with Gasteiger partial charge in [-0.15, -0.1) is 6.42 Å². The molecule has 0 aliphatic rings. The summed E-state index contributed by atoms with van der Waals surface area (Å²) >= 11 is 6.25. The van der Waals surface area contributed by atoms with E-state index in [-0.39, 0.29) is 6.61 Å². The van der Waals surface area contributed by atoms with E-state index in [0.717, 1.165) is 11.3 Å². The zero-order chi connectivity index (χ0) is 15.9. The van der Waals surface area contributed by atoms with Crippen LogP contribution >= 0.6 is 11.6 Å². The van der Waals surface area contributed by atoms with Gasteiger partial charge in [0, 0.05) is 12.2 Å². The van der Waals surface area contributed by atoms with E-state index in [4.69, 9.17) is 27.5 Å². The highest BCUT2D eigenvalue weighted by atomic mass is 35.5. The van der Waals surface area contributed by atoms with E-state index < -0.39 is 0 Å². The Balaban J connectivity index is 2.15. The van der Waals surface area contributed by atoms with E-state index in [0.29, 0.717) is 23.1 Å². The van der Waals surface area contributed by atoms with Gasteiger partial charge < -0.3 is 14.8 Å². The minimum Gasteiger partial charge on any atom is -0.493 e. The van der Waals surface area contributed by atoms with Crippen LogP contribution in [-0.2, 0) is 6.54 Å². The van der Waals surface area contributed by atoms with Gasteiger partial charge in [0.25, 0.3) is 0 Å². The van der Waals surface area contributed by atoms with Crippen LogP contribution in [0.25, 0.3) is 0 Å². The second kappa shape index (κ2) is 7.63. The maximum absolute atomic E-state index is 6.25. The van der Waals surface area contributed by atoms with Crippen LogP contribution in [0.3, 0.4) is 0 Å². The van der Waals surface area contributed by atoms with Crippen LogP contribution in [0.2, 0.25) is 5.02 Å². The van der Waals surface area contributed by atoms with Crippen molar-refractivity contribution in [1.29, 1.82) is 0 Å². The molecule has 0 radical (unpaired) electrons. The summed E-state index contributed by atoms with van der Waals surface area (Å²) in [6.07, 6.45) is 5.20. The Morgan fingerprint density at radius 1 is 1.27 bits per heavy atom. The molecule has 0 atom stereocenters. The quantitative estimate of drug-likeness (QED) is 0.807. The Bertz CT molecular complexity index is 692.